The molecule has 0 aliphatic carbocycles. The van der Waals surface area contributed by atoms with Crippen molar-refractivity contribution in [2.24, 2.45) is 0 Å². The molecular formula is C21H25Cl2N3O4S. The molecule has 31 heavy (non-hydrogen) atoms. The van der Waals surface area contributed by atoms with Crippen LogP contribution in [0.2, 0.25) is 10.0 Å². The average molecular weight is 486 g/mol. The Balaban J connectivity index is 2.07. The van der Waals surface area contributed by atoms with E-state index in [1.54, 1.807) is 37.3 Å². The minimum absolute atomic E-state index is 0.111. The second-order valence-corrected chi connectivity index (χ2v) is 9.92. The summed E-state index contributed by atoms with van der Waals surface area (Å²) in [5, 5.41) is 3.14. The van der Waals surface area contributed by atoms with Crippen LogP contribution < -0.4 is 5.32 Å². The molecule has 0 aromatic heterocycles. The summed E-state index contributed by atoms with van der Waals surface area (Å²) in [6.45, 7) is 4.96. The zero-order valence-corrected chi connectivity index (χ0v) is 20.1. The van der Waals surface area contributed by atoms with Gasteiger partial charge < -0.3 is 10.2 Å². The van der Waals surface area contributed by atoms with Gasteiger partial charge in [-0.15, -0.1) is 0 Å². The van der Waals surface area contributed by atoms with Gasteiger partial charge in [0.15, 0.2) is 0 Å². The highest BCUT2D eigenvalue weighted by Gasteiger charge is 2.26. The molecule has 0 saturated heterocycles. The van der Waals surface area contributed by atoms with E-state index < -0.39 is 28.4 Å². The number of anilines is 1. The molecule has 0 bridgehead atoms. The van der Waals surface area contributed by atoms with E-state index in [2.05, 4.69) is 5.32 Å². The van der Waals surface area contributed by atoms with Crippen molar-refractivity contribution < 1.29 is 18.0 Å². The number of para-hydroxylation sites is 1. The van der Waals surface area contributed by atoms with Gasteiger partial charge in [-0.05, 0) is 56.2 Å². The first-order valence-electron chi connectivity index (χ1n) is 9.52. The first-order valence-corrected chi connectivity index (χ1v) is 11.7. The fraction of sp³-hybridized carbons (Fsp3) is 0.333. The summed E-state index contributed by atoms with van der Waals surface area (Å²) in [5.41, 5.74) is 2.07. The number of sulfonamides is 1. The maximum atomic E-state index is 12.8. The summed E-state index contributed by atoms with van der Waals surface area (Å²) in [6, 6.07) is 9.62. The Hall–Kier alpha value is -2.13. The van der Waals surface area contributed by atoms with E-state index >= 15 is 0 Å². The van der Waals surface area contributed by atoms with Gasteiger partial charge >= 0.3 is 0 Å². The molecule has 0 unspecified atom stereocenters. The zero-order valence-electron chi connectivity index (χ0n) is 17.8. The predicted octanol–water partition coefficient (Wildman–Crippen LogP) is 3.72. The maximum Gasteiger partial charge on any atom is 0.244 e. The molecule has 0 aliphatic heterocycles. The number of nitrogens with one attached hydrogen (secondary N) is 1. The summed E-state index contributed by atoms with van der Waals surface area (Å²) < 4.78 is 26.6. The molecule has 0 fully saturated rings. The van der Waals surface area contributed by atoms with Gasteiger partial charge in [0.2, 0.25) is 21.8 Å². The molecule has 0 spiro atoms. The number of halogens is 2. The van der Waals surface area contributed by atoms with Crippen LogP contribution in [-0.4, -0.2) is 56.1 Å². The Morgan fingerprint density at radius 3 is 2.16 bits per heavy atom. The van der Waals surface area contributed by atoms with Gasteiger partial charge in [0, 0.05) is 13.6 Å². The van der Waals surface area contributed by atoms with Crippen LogP contribution in [0.5, 0.6) is 0 Å². The fourth-order valence-electron chi connectivity index (χ4n) is 2.78. The quantitative estimate of drug-likeness (QED) is 0.616. The number of hydrogen-bond acceptors (Lipinski definition) is 4. The smallest absolute Gasteiger partial charge is 0.244 e. The molecular weight excluding hydrogens is 461 g/mol. The van der Waals surface area contributed by atoms with E-state index in [9.17, 15) is 18.0 Å². The molecule has 10 heteroatoms. The molecule has 2 amide bonds. The first kappa shape index (κ1) is 25.1. The maximum absolute atomic E-state index is 12.8. The Morgan fingerprint density at radius 1 is 1.00 bits per heavy atom. The molecule has 2 rings (SSSR count). The van der Waals surface area contributed by atoms with E-state index in [1.807, 2.05) is 13.8 Å². The molecule has 0 aliphatic rings. The van der Waals surface area contributed by atoms with Crippen molar-refractivity contribution in [2.75, 3.05) is 32.0 Å². The van der Waals surface area contributed by atoms with Crippen LogP contribution >= 0.6 is 23.2 Å². The van der Waals surface area contributed by atoms with Crippen LogP contribution in [0.3, 0.4) is 0 Å². The summed E-state index contributed by atoms with van der Waals surface area (Å²) >= 11 is 12.1. The second kappa shape index (κ2) is 10.5. The predicted molar refractivity (Wildman–Crippen MR) is 123 cm³/mol. The summed E-state index contributed by atoms with van der Waals surface area (Å²) in [7, 11) is -2.52. The normalized spacial score (nSPS) is 11.5. The van der Waals surface area contributed by atoms with Crippen LogP contribution in [0.15, 0.2) is 41.3 Å². The Bertz CT molecular complexity index is 1070. The van der Waals surface area contributed by atoms with Gasteiger partial charge in [-0.2, -0.15) is 4.31 Å². The molecule has 0 heterocycles. The number of carbonyl (C=O) groups is 2. The average Bonchev–Trinajstić information content (AvgIpc) is 2.70. The highest BCUT2D eigenvalue weighted by Crippen LogP contribution is 2.29. The lowest BCUT2D eigenvalue weighted by Gasteiger charge is -2.24. The monoisotopic (exact) mass is 485 g/mol. The topological polar surface area (TPSA) is 86.8 Å². The van der Waals surface area contributed by atoms with E-state index in [4.69, 9.17) is 23.2 Å². The van der Waals surface area contributed by atoms with Crippen molar-refractivity contribution in [3.63, 3.8) is 0 Å². The van der Waals surface area contributed by atoms with E-state index in [0.717, 1.165) is 15.4 Å². The molecule has 0 radical (unpaired) electrons. The third-order valence-electron chi connectivity index (χ3n) is 4.84. The van der Waals surface area contributed by atoms with Crippen molar-refractivity contribution in [3.05, 3.63) is 57.6 Å². The number of rotatable bonds is 8. The van der Waals surface area contributed by atoms with E-state index in [1.165, 1.54) is 18.0 Å². The van der Waals surface area contributed by atoms with Crippen LogP contribution in [-0.2, 0) is 19.6 Å². The van der Waals surface area contributed by atoms with Gasteiger partial charge in [0.05, 0.1) is 33.7 Å². The lowest BCUT2D eigenvalue weighted by Crippen LogP contribution is -2.44. The summed E-state index contributed by atoms with van der Waals surface area (Å²) in [5.74, 6) is -0.998. The number of carbonyl (C=O) groups excluding carboxylic acids is 2. The van der Waals surface area contributed by atoms with Crippen molar-refractivity contribution in [1.82, 2.24) is 9.21 Å². The van der Waals surface area contributed by atoms with Gasteiger partial charge in [-0.25, -0.2) is 8.42 Å². The summed E-state index contributed by atoms with van der Waals surface area (Å²) in [6.07, 6.45) is 0. The van der Waals surface area contributed by atoms with Crippen molar-refractivity contribution in [3.8, 4) is 0 Å². The summed E-state index contributed by atoms with van der Waals surface area (Å²) in [4.78, 5) is 26.5. The second-order valence-electron chi connectivity index (χ2n) is 7.06. The third-order valence-corrected chi connectivity index (χ3v) is 7.27. The van der Waals surface area contributed by atoms with Crippen LogP contribution in [0.4, 0.5) is 5.69 Å². The molecule has 2 aromatic carbocycles. The Morgan fingerprint density at radius 2 is 1.61 bits per heavy atom. The number of aryl methyl sites for hydroxylation is 2. The minimum Gasteiger partial charge on any atom is -0.333 e. The molecule has 1 N–H and O–H groups in total. The molecule has 0 saturated carbocycles. The number of nitrogens with zero attached hydrogens (tertiary/aromatic N) is 2. The zero-order chi connectivity index (χ0) is 23.3. The molecule has 0 atom stereocenters. The highest BCUT2D eigenvalue weighted by molar-refractivity contribution is 7.89. The van der Waals surface area contributed by atoms with Crippen LogP contribution in [0.25, 0.3) is 0 Å². The van der Waals surface area contributed by atoms with Crippen molar-refractivity contribution in [1.29, 1.82) is 0 Å². The van der Waals surface area contributed by atoms with Gasteiger partial charge in [-0.1, -0.05) is 35.3 Å². The third kappa shape index (κ3) is 6.20. The van der Waals surface area contributed by atoms with Crippen molar-refractivity contribution in [2.45, 2.75) is 25.7 Å². The lowest BCUT2D eigenvalue weighted by molar-refractivity contribution is -0.134. The fourth-order valence-corrected chi connectivity index (χ4v) is 4.47. The Kier molecular flexibility index (Phi) is 8.48. The number of likely N-dealkylation sites (N-methyl/N-ethyl adjacent to an activating group) is 2. The van der Waals surface area contributed by atoms with Gasteiger partial charge in [0.25, 0.3) is 0 Å². The Labute approximate surface area is 193 Å². The van der Waals surface area contributed by atoms with Crippen molar-refractivity contribution >= 4 is 50.7 Å². The van der Waals surface area contributed by atoms with Gasteiger partial charge in [0.1, 0.15) is 0 Å². The van der Waals surface area contributed by atoms with Crippen LogP contribution in [0, 0.1) is 13.8 Å². The largest absolute Gasteiger partial charge is 0.333 e. The molecule has 7 nitrogen and oxygen atoms in total. The van der Waals surface area contributed by atoms with E-state index in [-0.39, 0.29) is 33.7 Å². The minimum atomic E-state index is -3.85. The molecule has 2 aromatic rings. The molecule has 168 valence electrons. The number of hydrogen-bond donors (Lipinski definition) is 1. The standard InChI is InChI=1S/C21H25Cl2N3O4S/c1-5-26(12-19(27)24-21-17(22)7-6-8-18(21)23)20(28)13-25(4)31(29,30)16-10-9-14(2)15(3)11-16/h6-11H,5,12-13H2,1-4H3,(H,24,27). The lowest BCUT2D eigenvalue weighted by atomic mass is 10.1. The van der Waals surface area contributed by atoms with E-state index in [0.29, 0.717) is 0 Å². The van der Waals surface area contributed by atoms with Gasteiger partial charge in [-0.3, -0.25) is 9.59 Å². The SMILES string of the molecule is CCN(CC(=O)Nc1c(Cl)cccc1Cl)C(=O)CN(C)S(=O)(=O)c1ccc(C)c(C)c1. The first-order chi connectivity index (χ1) is 14.5. The van der Waals surface area contributed by atoms with Crippen LogP contribution in [0.1, 0.15) is 18.1 Å². The number of amides is 2. The number of benzene rings is 2. The highest BCUT2D eigenvalue weighted by atomic mass is 35.5.